The van der Waals surface area contributed by atoms with Crippen molar-refractivity contribution in [2.75, 3.05) is 13.1 Å². The van der Waals surface area contributed by atoms with Crippen LogP contribution in [0.1, 0.15) is 36.5 Å². The van der Waals surface area contributed by atoms with Crippen molar-refractivity contribution < 1.29 is 23.9 Å². The first kappa shape index (κ1) is 22.0. The van der Waals surface area contributed by atoms with Gasteiger partial charge in [0.2, 0.25) is 0 Å². The molecule has 3 rings (SSSR count). The van der Waals surface area contributed by atoms with Crippen molar-refractivity contribution in [3.63, 3.8) is 0 Å². The van der Waals surface area contributed by atoms with E-state index >= 15 is 0 Å². The second kappa shape index (κ2) is 9.88. The lowest BCUT2D eigenvalue weighted by Gasteiger charge is -2.26. The molecule has 0 atom stereocenters. The van der Waals surface area contributed by atoms with E-state index in [0.717, 1.165) is 10.5 Å². The zero-order valence-electron chi connectivity index (χ0n) is 17.5. The number of nitrogens with zero attached hydrogens (tertiary/aromatic N) is 3. The van der Waals surface area contributed by atoms with Gasteiger partial charge in [-0.1, -0.05) is 56.3 Å². The number of aryl methyl sites for hydroxylation is 1. The molecule has 0 spiro atoms. The highest BCUT2D eigenvalue weighted by Gasteiger charge is 2.33. The van der Waals surface area contributed by atoms with Gasteiger partial charge in [0.05, 0.1) is 0 Å². The number of carbonyl (C=O) groups excluding carboxylic acids is 2. The molecule has 1 N–H and O–H groups in total. The van der Waals surface area contributed by atoms with Crippen LogP contribution in [0.15, 0.2) is 59.0 Å². The van der Waals surface area contributed by atoms with E-state index in [1.54, 1.807) is 38.1 Å². The summed E-state index contributed by atoms with van der Waals surface area (Å²) in [6.07, 6.45) is -0.309. The van der Waals surface area contributed by atoms with Crippen LogP contribution in [-0.4, -0.2) is 51.0 Å². The standard InChI is InChI=1S/C23H25N3O5/c1-16(2)15-26(23(29)30)22(28)25(14-8-11-17-9-4-3-5-10-17)21(27)20-24-18-12-6-7-13-19(18)31-20/h3-7,9-10,12-13,16H,8,11,14-15H2,1-2H3,(H,29,30). The van der Waals surface area contributed by atoms with E-state index < -0.39 is 18.0 Å². The molecule has 8 heteroatoms. The molecule has 4 amide bonds. The van der Waals surface area contributed by atoms with Crippen LogP contribution in [0.3, 0.4) is 0 Å². The minimum atomic E-state index is -1.41. The normalized spacial score (nSPS) is 10.9. The summed E-state index contributed by atoms with van der Waals surface area (Å²) in [5.74, 6) is -1.10. The van der Waals surface area contributed by atoms with E-state index in [0.29, 0.717) is 28.8 Å². The van der Waals surface area contributed by atoms with E-state index in [1.165, 1.54) is 0 Å². The lowest BCUT2D eigenvalue weighted by Crippen LogP contribution is -2.50. The van der Waals surface area contributed by atoms with E-state index in [1.807, 2.05) is 30.3 Å². The molecular weight excluding hydrogens is 398 g/mol. The molecule has 0 aliphatic carbocycles. The van der Waals surface area contributed by atoms with Gasteiger partial charge in [-0.2, -0.15) is 0 Å². The van der Waals surface area contributed by atoms with Gasteiger partial charge in [-0.25, -0.2) is 19.5 Å². The Morgan fingerprint density at radius 2 is 1.68 bits per heavy atom. The fraction of sp³-hybridized carbons (Fsp3) is 0.304. The average molecular weight is 423 g/mol. The van der Waals surface area contributed by atoms with Gasteiger partial charge in [0, 0.05) is 13.1 Å². The van der Waals surface area contributed by atoms with Crippen molar-refractivity contribution in [1.82, 2.24) is 14.8 Å². The molecule has 0 aliphatic rings. The molecule has 0 saturated carbocycles. The Labute approximate surface area is 180 Å². The van der Waals surface area contributed by atoms with Gasteiger partial charge in [-0.15, -0.1) is 0 Å². The number of urea groups is 1. The lowest BCUT2D eigenvalue weighted by atomic mass is 10.1. The first-order valence-corrected chi connectivity index (χ1v) is 10.1. The molecule has 1 aromatic heterocycles. The summed E-state index contributed by atoms with van der Waals surface area (Å²) in [5.41, 5.74) is 1.96. The number of hydrogen-bond acceptors (Lipinski definition) is 5. The predicted molar refractivity (Wildman–Crippen MR) is 115 cm³/mol. The number of amides is 4. The second-order valence-electron chi connectivity index (χ2n) is 7.60. The quantitative estimate of drug-likeness (QED) is 0.593. The Morgan fingerprint density at radius 1 is 1.00 bits per heavy atom. The van der Waals surface area contributed by atoms with Crippen molar-refractivity contribution in [2.45, 2.75) is 26.7 Å². The first-order valence-electron chi connectivity index (χ1n) is 10.1. The zero-order chi connectivity index (χ0) is 22.4. The largest absolute Gasteiger partial charge is 0.465 e. The molecule has 0 bridgehead atoms. The molecule has 1 heterocycles. The molecule has 31 heavy (non-hydrogen) atoms. The minimum Gasteiger partial charge on any atom is -0.465 e. The maximum atomic E-state index is 13.1. The number of carbonyl (C=O) groups is 3. The predicted octanol–water partition coefficient (Wildman–Crippen LogP) is 4.66. The Balaban J connectivity index is 1.85. The lowest BCUT2D eigenvalue weighted by molar-refractivity contribution is 0.0713. The highest BCUT2D eigenvalue weighted by molar-refractivity contribution is 6.05. The topological polar surface area (TPSA) is 104 Å². The zero-order valence-corrected chi connectivity index (χ0v) is 17.5. The Hall–Kier alpha value is -3.68. The highest BCUT2D eigenvalue weighted by Crippen LogP contribution is 2.18. The van der Waals surface area contributed by atoms with Crippen LogP contribution in [-0.2, 0) is 6.42 Å². The summed E-state index contributed by atoms with van der Waals surface area (Å²) in [6.45, 7) is 3.61. The molecular formula is C23H25N3O5. The summed E-state index contributed by atoms with van der Waals surface area (Å²) >= 11 is 0. The number of benzene rings is 2. The van der Waals surface area contributed by atoms with Crippen LogP contribution in [0.25, 0.3) is 11.1 Å². The Bertz CT molecular complexity index is 1030. The summed E-state index contributed by atoms with van der Waals surface area (Å²) < 4.78 is 5.53. The fourth-order valence-electron chi connectivity index (χ4n) is 3.20. The van der Waals surface area contributed by atoms with Crippen molar-refractivity contribution >= 4 is 29.1 Å². The molecule has 8 nitrogen and oxygen atoms in total. The van der Waals surface area contributed by atoms with Crippen molar-refractivity contribution in [2.24, 2.45) is 5.92 Å². The number of fused-ring (bicyclic) bond motifs is 1. The molecule has 0 saturated heterocycles. The van der Waals surface area contributed by atoms with Crippen molar-refractivity contribution in [3.05, 3.63) is 66.1 Å². The SMILES string of the molecule is CC(C)CN(C(=O)O)C(=O)N(CCCc1ccccc1)C(=O)c1nc2ccccc2o1. The summed E-state index contributed by atoms with van der Waals surface area (Å²) in [4.78, 5) is 43.7. The van der Waals surface area contributed by atoms with Gasteiger partial charge in [0.25, 0.3) is 5.89 Å². The van der Waals surface area contributed by atoms with E-state index in [4.69, 9.17) is 4.42 Å². The maximum Gasteiger partial charge on any atom is 0.415 e. The molecule has 2 aromatic carbocycles. The van der Waals surface area contributed by atoms with E-state index in [-0.39, 0.29) is 24.9 Å². The highest BCUT2D eigenvalue weighted by atomic mass is 16.4. The van der Waals surface area contributed by atoms with E-state index in [2.05, 4.69) is 4.98 Å². The van der Waals surface area contributed by atoms with Gasteiger partial charge < -0.3 is 9.52 Å². The first-order chi connectivity index (χ1) is 14.9. The fourth-order valence-corrected chi connectivity index (χ4v) is 3.20. The number of oxazole rings is 1. The second-order valence-corrected chi connectivity index (χ2v) is 7.60. The van der Waals surface area contributed by atoms with Crippen LogP contribution in [0, 0.1) is 5.92 Å². The molecule has 3 aromatic rings. The third-order valence-electron chi connectivity index (χ3n) is 4.65. The molecule has 0 radical (unpaired) electrons. The van der Waals surface area contributed by atoms with Crippen LogP contribution in [0.2, 0.25) is 0 Å². The number of carboxylic acid groups (broad SMARTS) is 1. The van der Waals surface area contributed by atoms with Crippen LogP contribution in [0.4, 0.5) is 9.59 Å². The molecule has 0 fully saturated rings. The number of rotatable bonds is 7. The van der Waals surface area contributed by atoms with Crippen molar-refractivity contribution in [3.8, 4) is 0 Å². The summed E-state index contributed by atoms with van der Waals surface area (Å²) in [7, 11) is 0. The number of imide groups is 2. The van der Waals surface area contributed by atoms with Gasteiger partial charge in [-0.05, 0) is 36.5 Å². The molecule has 0 unspecified atom stereocenters. The van der Waals surface area contributed by atoms with Gasteiger partial charge in [0.1, 0.15) is 5.52 Å². The maximum absolute atomic E-state index is 13.1. The van der Waals surface area contributed by atoms with Gasteiger partial charge in [-0.3, -0.25) is 9.69 Å². The summed E-state index contributed by atoms with van der Waals surface area (Å²) in [5, 5.41) is 9.54. The summed E-state index contributed by atoms with van der Waals surface area (Å²) in [6, 6.07) is 15.6. The van der Waals surface area contributed by atoms with Crippen LogP contribution < -0.4 is 0 Å². The number of aromatic nitrogens is 1. The third-order valence-corrected chi connectivity index (χ3v) is 4.65. The number of para-hydroxylation sites is 2. The van der Waals surface area contributed by atoms with Gasteiger partial charge in [0.15, 0.2) is 5.58 Å². The minimum absolute atomic E-state index is 0.0236. The average Bonchev–Trinajstić information content (AvgIpc) is 3.19. The Morgan fingerprint density at radius 3 is 2.32 bits per heavy atom. The number of hydrogen-bond donors (Lipinski definition) is 1. The van der Waals surface area contributed by atoms with Gasteiger partial charge >= 0.3 is 18.0 Å². The molecule has 162 valence electrons. The van der Waals surface area contributed by atoms with E-state index in [9.17, 15) is 19.5 Å². The van der Waals surface area contributed by atoms with Crippen LogP contribution in [0.5, 0.6) is 0 Å². The molecule has 0 aliphatic heterocycles. The van der Waals surface area contributed by atoms with Crippen LogP contribution >= 0.6 is 0 Å². The van der Waals surface area contributed by atoms with Crippen molar-refractivity contribution in [1.29, 1.82) is 0 Å². The smallest absolute Gasteiger partial charge is 0.415 e. The Kier molecular flexibility index (Phi) is 7.02. The monoisotopic (exact) mass is 423 g/mol. The third kappa shape index (κ3) is 5.48.